The van der Waals surface area contributed by atoms with Gasteiger partial charge in [-0.05, 0) is 54.3 Å². The number of hydrazone groups is 1. The molecule has 0 radical (unpaired) electrons. The lowest BCUT2D eigenvalue weighted by Crippen LogP contribution is -2.17. The normalized spacial score (nSPS) is 10.8. The Bertz CT molecular complexity index is 941. The van der Waals surface area contributed by atoms with Crippen LogP contribution in [-0.2, 0) is 17.8 Å². The first kappa shape index (κ1) is 20.6. The van der Waals surface area contributed by atoms with E-state index in [9.17, 15) is 4.79 Å². The van der Waals surface area contributed by atoms with Crippen molar-refractivity contribution in [2.75, 3.05) is 0 Å². The van der Waals surface area contributed by atoms with Crippen LogP contribution in [0.4, 0.5) is 0 Å². The first-order chi connectivity index (χ1) is 14.2. The molecule has 4 nitrogen and oxygen atoms in total. The molecule has 3 rings (SSSR count). The van der Waals surface area contributed by atoms with Gasteiger partial charge >= 0.3 is 0 Å². The first-order valence-corrected chi connectivity index (χ1v) is 9.90. The fourth-order valence-electron chi connectivity index (χ4n) is 2.76. The van der Waals surface area contributed by atoms with E-state index in [1.165, 1.54) is 5.56 Å². The SMILES string of the molecule is O=C(CCCc1ccccc1)N/N=C\c1ccc(OCc2ccccc2Cl)cc1. The smallest absolute Gasteiger partial charge is 0.240 e. The Hall–Kier alpha value is -3.11. The highest BCUT2D eigenvalue weighted by atomic mass is 35.5. The van der Waals surface area contributed by atoms with Crippen LogP contribution in [0.25, 0.3) is 0 Å². The van der Waals surface area contributed by atoms with Gasteiger partial charge in [0.05, 0.1) is 6.21 Å². The molecular weight excluding hydrogens is 384 g/mol. The summed E-state index contributed by atoms with van der Waals surface area (Å²) in [6, 6.07) is 25.2. The van der Waals surface area contributed by atoms with E-state index < -0.39 is 0 Å². The molecule has 0 aromatic heterocycles. The molecule has 0 spiro atoms. The summed E-state index contributed by atoms with van der Waals surface area (Å²) in [6.07, 6.45) is 3.74. The van der Waals surface area contributed by atoms with E-state index in [1.54, 1.807) is 6.21 Å². The molecule has 0 atom stereocenters. The lowest BCUT2D eigenvalue weighted by molar-refractivity contribution is -0.121. The zero-order chi connectivity index (χ0) is 20.3. The van der Waals surface area contributed by atoms with E-state index in [4.69, 9.17) is 16.3 Å². The van der Waals surface area contributed by atoms with Gasteiger partial charge in [-0.15, -0.1) is 0 Å². The molecular formula is C24H23ClN2O2. The van der Waals surface area contributed by atoms with E-state index >= 15 is 0 Å². The summed E-state index contributed by atoms with van der Waals surface area (Å²) in [4.78, 5) is 11.9. The average Bonchev–Trinajstić information content (AvgIpc) is 2.75. The van der Waals surface area contributed by atoms with Gasteiger partial charge in [-0.25, -0.2) is 5.43 Å². The van der Waals surface area contributed by atoms with Crippen molar-refractivity contribution in [3.05, 3.63) is 101 Å². The second-order valence-electron chi connectivity index (χ2n) is 6.58. The molecule has 148 valence electrons. The second-order valence-corrected chi connectivity index (χ2v) is 6.99. The molecule has 1 amide bonds. The number of hydrogen-bond donors (Lipinski definition) is 1. The number of aryl methyl sites for hydroxylation is 1. The minimum absolute atomic E-state index is 0.0862. The minimum Gasteiger partial charge on any atom is -0.489 e. The summed E-state index contributed by atoms with van der Waals surface area (Å²) in [7, 11) is 0. The molecule has 0 aliphatic carbocycles. The summed E-state index contributed by atoms with van der Waals surface area (Å²) in [5.74, 6) is 0.656. The third-order valence-electron chi connectivity index (χ3n) is 4.35. The highest BCUT2D eigenvalue weighted by Gasteiger charge is 2.02. The fraction of sp³-hybridized carbons (Fsp3) is 0.167. The van der Waals surface area contributed by atoms with Crippen LogP contribution >= 0.6 is 11.6 Å². The Kier molecular flexibility index (Phi) is 7.84. The van der Waals surface area contributed by atoms with Crippen LogP contribution < -0.4 is 10.2 Å². The first-order valence-electron chi connectivity index (χ1n) is 9.53. The molecule has 0 saturated carbocycles. The Morgan fingerprint density at radius 1 is 0.966 bits per heavy atom. The molecule has 0 aliphatic heterocycles. The molecule has 0 fully saturated rings. The van der Waals surface area contributed by atoms with Crippen LogP contribution in [0.5, 0.6) is 5.75 Å². The van der Waals surface area contributed by atoms with Crippen molar-refractivity contribution in [3.8, 4) is 5.75 Å². The Balaban J connectivity index is 1.39. The van der Waals surface area contributed by atoms with E-state index in [0.29, 0.717) is 18.1 Å². The van der Waals surface area contributed by atoms with Crippen LogP contribution in [0.3, 0.4) is 0 Å². The van der Waals surface area contributed by atoms with Gasteiger partial charge in [0, 0.05) is 17.0 Å². The van der Waals surface area contributed by atoms with E-state index in [2.05, 4.69) is 22.7 Å². The molecule has 29 heavy (non-hydrogen) atoms. The topological polar surface area (TPSA) is 50.7 Å². The van der Waals surface area contributed by atoms with Gasteiger partial charge in [0.2, 0.25) is 5.91 Å². The summed E-state index contributed by atoms with van der Waals surface area (Å²) < 4.78 is 5.75. The average molecular weight is 407 g/mol. The van der Waals surface area contributed by atoms with Gasteiger partial charge < -0.3 is 4.74 Å². The largest absolute Gasteiger partial charge is 0.489 e. The molecule has 0 saturated heterocycles. The van der Waals surface area contributed by atoms with Crippen molar-refractivity contribution in [1.29, 1.82) is 0 Å². The number of rotatable bonds is 9. The predicted octanol–water partition coefficient (Wildman–Crippen LogP) is 5.39. The number of benzene rings is 3. The van der Waals surface area contributed by atoms with Crippen molar-refractivity contribution in [2.24, 2.45) is 5.10 Å². The quantitative estimate of drug-likeness (QED) is 0.382. The second kappa shape index (κ2) is 11.0. The van der Waals surface area contributed by atoms with Crippen LogP contribution in [0.1, 0.15) is 29.5 Å². The van der Waals surface area contributed by atoms with E-state index in [0.717, 1.165) is 29.7 Å². The Morgan fingerprint density at radius 2 is 1.69 bits per heavy atom. The van der Waals surface area contributed by atoms with Crippen LogP contribution in [0.2, 0.25) is 5.02 Å². The number of nitrogens with one attached hydrogen (secondary N) is 1. The Morgan fingerprint density at radius 3 is 2.45 bits per heavy atom. The van der Waals surface area contributed by atoms with Crippen molar-refractivity contribution in [1.82, 2.24) is 5.43 Å². The van der Waals surface area contributed by atoms with E-state index in [1.807, 2.05) is 66.7 Å². The third-order valence-corrected chi connectivity index (χ3v) is 4.72. The Labute approximate surface area is 176 Å². The molecule has 0 unspecified atom stereocenters. The van der Waals surface area contributed by atoms with Crippen molar-refractivity contribution in [2.45, 2.75) is 25.9 Å². The van der Waals surface area contributed by atoms with Gasteiger partial charge in [-0.2, -0.15) is 5.10 Å². The minimum atomic E-state index is -0.0862. The standard InChI is InChI=1S/C24H23ClN2O2/c25-23-11-5-4-10-21(23)18-29-22-15-13-20(14-16-22)17-26-27-24(28)12-6-9-19-7-2-1-3-8-19/h1-5,7-8,10-11,13-17H,6,9,12,18H2,(H,27,28)/b26-17-. The highest BCUT2D eigenvalue weighted by molar-refractivity contribution is 6.31. The van der Waals surface area contributed by atoms with Crippen LogP contribution in [-0.4, -0.2) is 12.1 Å². The number of ether oxygens (including phenoxy) is 1. The van der Waals surface area contributed by atoms with Crippen LogP contribution in [0.15, 0.2) is 84.0 Å². The monoisotopic (exact) mass is 406 g/mol. The number of carbonyl (C=O) groups is 1. The van der Waals surface area contributed by atoms with Crippen molar-refractivity contribution in [3.63, 3.8) is 0 Å². The van der Waals surface area contributed by atoms with Gasteiger partial charge in [0.15, 0.2) is 0 Å². The van der Waals surface area contributed by atoms with Crippen LogP contribution in [0, 0.1) is 0 Å². The number of amides is 1. The van der Waals surface area contributed by atoms with Crippen molar-refractivity contribution >= 4 is 23.7 Å². The van der Waals surface area contributed by atoms with Crippen molar-refractivity contribution < 1.29 is 9.53 Å². The molecule has 0 aliphatic rings. The predicted molar refractivity (Wildman–Crippen MR) is 117 cm³/mol. The lowest BCUT2D eigenvalue weighted by atomic mass is 10.1. The zero-order valence-corrected chi connectivity index (χ0v) is 16.8. The number of carbonyl (C=O) groups excluding carboxylic acids is 1. The van der Waals surface area contributed by atoms with Gasteiger partial charge in [-0.3, -0.25) is 4.79 Å². The maximum atomic E-state index is 11.9. The van der Waals surface area contributed by atoms with Gasteiger partial charge in [0.25, 0.3) is 0 Å². The number of hydrogen-bond acceptors (Lipinski definition) is 3. The molecule has 1 N–H and O–H groups in total. The number of nitrogens with zero attached hydrogens (tertiary/aromatic N) is 1. The molecule has 5 heteroatoms. The third kappa shape index (κ3) is 7.09. The summed E-state index contributed by atoms with van der Waals surface area (Å²) in [6.45, 7) is 0.409. The molecule has 3 aromatic rings. The van der Waals surface area contributed by atoms with E-state index in [-0.39, 0.29) is 5.91 Å². The molecule has 0 bridgehead atoms. The molecule has 0 heterocycles. The lowest BCUT2D eigenvalue weighted by Gasteiger charge is -2.07. The highest BCUT2D eigenvalue weighted by Crippen LogP contribution is 2.18. The number of halogens is 1. The van der Waals surface area contributed by atoms with Gasteiger partial charge in [0.1, 0.15) is 12.4 Å². The summed E-state index contributed by atoms with van der Waals surface area (Å²) >= 11 is 6.13. The maximum absolute atomic E-state index is 11.9. The summed E-state index contributed by atoms with van der Waals surface area (Å²) in [5, 5.41) is 4.71. The molecule has 3 aromatic carbocycles. The zero-order valence-electron chi connectivity index (χ0n) is 16.1. The van der Waals surface area contributed by atoms with Gasteiger partial charge in [-0.1, -0.05) is 60.1 Å². The fourth-order valence-corrected chi connectivity index (χ4v) is 2.95. The maximum Gasteiger partial charge on any atom is 0.240 e. The summed E-state index contributed by atoms with van der Waals surface area (Å²) in [5.41, 5.74) is 5.62.